The first-order valence-corrected chi connectivity index (χ1v) is 8.43. The minimum atomic E-state index is -0.897. The zero-order chi connectivity index (χ0) is 16.9. The van der Waals surface area contributed by atoms with Crippen LogP contribution in [0.3, 0.4) is 0 Å². The minimum Gasteiger partial charge on any atom is -0.478 e. The minimum absolute atomic E-state index is 0.316. The molecule has 0 bridgehead atoms. The van der Waals surface area contributed by atoms with E-state index in [2.05, 4.69) is 4.90 Å². The van der Waals surface area contributed by atoms with Gasteiger partial charge in [-0.2, -0.15) is 0 Å². The molecule has 0 radical (unpaired) electrons. The highest BCUT2D eigenvalue weighted by Gasteiger charge is 2.27. The van der Waals surface area contributed by atoms with Crippen molar-refractivity contribution in [3.8, 4) is 0 Å². The first-order valence-electron chi connectivity index (χ1n) is 8.43. The molecule has 2 aromatic rings. The molecule has 1 aliphatic heterocycles. The summed E-state index contributed by atoms with van der Waals surface area (Å²) in [5.74, 6) is -0.897. The number of aliphatic hydroxyl groups excluding tert-OH is 1. The van der Waals surface area contributed by atoms with Gasteiger partial charge in [0, 0.05) is 12.6 Å². The number of carbonyl (C=O) groups is 1. The lowest BCUT2D eigenvalue weighted by molar-refractivity contribution is 0.0696. The molecule has 126 valence electrons. The van der Waals surface area contributed by atoms with Crippen LogP contribution in [0.2, 0.25) is 0 Å². The Kier molecular flexibility index (Phi) is 5.28. The summed E-state index contributed by atoms with van der Waals surface area (Å²) in [5, 5.41) is 19.4. The SMILES string of the molecule is O=C(O)c1ccc(CN2CCCC2CC(O)c2ccccc2)cc1. The van der Waals surface area contributed by atoms with Gasteiger partial charge in [-0.25, -0.2) is 4.79 Å². The van der Waals surface area contributed by atoms with Crippen molar-refractivity contribution < 1.29 is 15.0 Å². The van der Waals surface area contributed by atoms with Crippen molar-refractivity contribution in [1.29, 1.82) is 0 Å². The Labute approximate surface area is 142 Å². The van der Waals surface area contributed by atoms with Gasteiger partial charge in [-0.3, -0.25) is 4.90 Å². The number of aromatic carboxylic acids is 1. The number of rotatable bonds is 6. The molecule has 0 aromatic heterocycles. The third-order valence-corrected chi connectivity index (χ3v) is 4.77. The average molecular weight is 325 g/mol. The highest BCUT2D eigenvalue weighted by atomic mass is 16.4. The van der Waals surface area contributed by atoms with Crippen molar-refractivity contribution in [2.45, 2.75) is 38.0 Å². The van der Waals surface area contributed by atoms with Gasteiger partial charge in [-0.15, -0.1) is 0 Å². The first-order chi connectivity index (χ1) is 11.6. The number of likely N-dealkylation sites (tertiary alicyclic amines) is 1. The standard InChI is InChI=1S/C20H23NO3/c22-19(16-5-2-1-3-6-16)13-18-7-4-12-21(18)14-15-8-10-17(11-9-15)20(23)24/h1-3,5-6,8-11,18-19,22H,4,7,12-14H2,(H,23,24). The Morgan fingerprint density at radius 2 is 1.83 bits per heavy atom. The van der Waals surface area contributed by atoms with Crippen LogP contribution < -0.4 is 0 Å². The second-order valence-electron chi connectivity index (χ2n) is 6.43. The average Bonchev–Trinajstić information content (AvgIpc) is 3.03. The highest BCUT2D eigenvalue weighted by Crippen LogP contribution is 2.28. The van der Waals surface area contributed by atoms with Gasteiger partial charge in [0.1, 0.15) is 0 Å². The molecule has 2 atom stereocenters. The molecule has 24 heavy (non-hydrogen) atoms. The van der Waals surface area contributed by atoms with E-state index >= 15 is 0 Å². The maximum absolute atomic E-state index is 10.9. The predicted octanol–water partition coefficient (Wildman–Crippen LogP) is 3.47. The van der Waals surface area contributed by atoms with Crippen molar-refractivity contribution in [3.63, 3.8) is 0 Å². The third kappa shape index (κ3) is 4.02. The number of hydrogen-bond donors (Lipinski definition) is 2. The van der Waals surface area contributed by atoms with E-state index in [4.69, 9.17) is 5.11 Å². The lowest BCUT2D eigenvalue weighted by Crippen LogP contribution is -2.30. The Hall–Kier alpha value is -2.17. The smallest absolute Gasteiger partial charge is 0.335 e. The van der Waals surface area contributed by atoms with Crippen molar-refractivity contribution in [2.24, 2.45) is 0 Å². The Bertz CT molecular complexity index is 669. The maximum atomic E-state index is 10.9. The summed E-state index contributed by atoms with van der Waals surface area (Å²) >= 11 is 0. The van der Waals surface area contributed by atoms with Crippen molar-refractivity contribution in [2.75, 3.05) is 6.54 Å². The van der Waals surface area contributed by atoms with Gasteiger partial charge in [0.2, 0.25) is 0 Å². The highest BCUT2D eigenvalue weighted by molar-refractivity contribution is 5.87. The van der Waals surface area contributed by atoms with Crippen molar-refractivity contribution in [3.05, 3.63) is 71.3 Å². The van der Waals surface area contributed by atoms with Crippen LogP contribution in [0.25, 0.3) is 0 Å². The summed E-state index contributed by atoms with van der Waals surface area (Å²) < 4.78 is 0. The van der Waals surface area contributed by atoms with E-state index in [1.807, 2.05) is 42.5 Å². The largest absolute Gasteiger partial charge is 0.478 e. The molecule has 1 fully saturated rings. The number of carboxylic acid groups (broad SMARTS) is 1. The van der Waals surface area contributed by atoms with Crippen LogP contribution in [0.1, 0.15) is 46.9 Å². The molecule has 0 amide bonds. The van der Waals surface area contributed by atoms with E-state index in [9.17, 15) is 9.90 Å². The van der Waals surface area contributed by atoms with Crippen LogP contribution in [-0.2, 0) is 6.54 Å². The van der Waals surface area contributed by atoms with Crippen molar-refractivity contribution >= 4 is 5.97 Å². The van der Waals surface area contributed by atoms with Gasteiger partial charge >= 0.3 is 5.97 Å². The zero-order valence-corrected chi connectivity index (χ0v) is 13.6. The van der Waals surface area contributed by atoms with E-state index in [-0.39, 0.29) is 0 Å². The Morgan fingerprint density at radius 1 is 1.12 bits per heavy atom. The van der Waals surface area contributed by atoms with Gasteiger partial charge in [0.05, 0.1) is 11.7 Å². The van der Waals surface area contributed by atoms with Crippen LogP contribution in [0, 0.1) is 0 Å². The van der Waals surface area contributed by atoms with Crippen LogP contribution in [-0.4, -0.2) is 33.7 Å². The Morgan fingerprint density at radius 3 is 2.50 bits per heavy atom. The third-order valence-electron chi connectivity index (χ3n) is 4.77. The molecule has 1 saturated heterocycles. The van der Waals surface area contributed by atoms with Crippen LogP contribution in [0.5, 0.6) is 0 Å². The molecule has 2 N–H and O–H groups in total. The number of nitrogens with zero attached hydrogens (tertiary/aromatic N) is 1. The molecular formula is C20H23NO3. The monoisotopic (exact) mass is 325 g/mol. The quantitative estimate of drug-likeness (QED) is 0.854. The number of aliphatic hydroxyl groups is 1. The molecule has 0 spiro atoms. The summed E-state index contributed by atoms with van der Waals surface area (Å²) in [7, 11) is 0. The summed E-state index contributed by atoms with van der Waals surface area (Å²) in [4.78, 5) is 13.3. The number of benzene rings is 2. The fraction of sp³-hybridized carbons (Fsp3) is 0.350. The number of hydrogen-bond acceptors (Lipinski definition) is 3. The topological polar surface area (TPSA) is 60.8 Å². The van der Waals surface area contributed by atoms with Crippen LogP contribution in [0.15, 0.2) is 54.6 Å². The number of carboxylic acids is 1. The molecule has 4 nitrogen and oxygen atoms in total. The Balaban J connectivity index is 1.62. The predicted molar refractivity (Wildman–Crippen MR) is 92.9 cm³/mol. The molecule has 3 rings (SSSR count). The molecule has 2 unspecified atom stereocenters. The summed E-state index contributed by atoms with van der Waals surface area (Å²) in [6.07, 6.45) is 2.53. The molecule has 0 aliphatic carbocycles. The molecule has 1 heterocycles. The fourth-order valence-electron chi connectivity index (χ4n) is 3.43. The van der Waals surface area contributed by atoms with Crippen LogP contribution >= 0.6 is 0 Å². The van der Waals surface area contributed by atoms with E-state index in [0.717, 1.165) is 43.5 Å². The van der Waals surface area contributed by atoms with E-state index in [1.54, 1.807) is 12.1 Å². The summed E-state index contributed by atoms with van der Waals surface area (Å²) in [5.41, 5.74) is 2.40. The van der Waals surface area contributed by atoms with E-state index in [1.165, 1.54) is 0 Å². The van der Waals surface area contributed by atoms with Gasteiger partial charge in [-0.05, 0) is 49.1 Å². The molecule has 0 saturated carbocycles. The van der Waals surface area contributed by atoms with E-state index < -0.39 is 12.1 Å². The molecular weight excluding hydrogens is 302 g/mol. The van der Waals surface area contributed by atoms with E-state index in [0.29, 0.717) is 11.6 Å². The lowest BCUT2D eigenvalue weighted by Gasteiger charge is -2.26. The maximum Gasteiger partial charge on any atom is 0.335 e. The van der Waals surface area contributed by atoms with Crippen LogP contribution in [0.4, 0.5) is 0 Å². The molecule has 2 aromatic carbocycles. The summed E-state index contributed by atoms with van der Waals surface area (Å²) in [6, 6.07) is 17.2. The second kappa shape index (κ2) is 7.60. The fourth-order valence-corrected chi connectivity index (χ4v) is 3.43. The van der Waals surface area contributed by atoms with Gasteiger partial charge in [-0.1, -0.05) is 42.5 Å². The molecule has 4 heteroatoms. The normalized spacial score (nSPS) is 19.3. The van der Waals surface area contributed by atoms with Gasteiger partial charge in [0.15, 0.2) is 0 Å². The lowest BCUT2D eigenvalue weighted by atomic mass is 10.0. The van der Waals surface area contributed by atoms with Crippen molar-refractivity contribution in [1.82, 2.24) is 4.90 Å². The summed E-state index contributed by atoms with van der Waals surface area (Å²) in [6.45, 7) is 1.82. The second-order valence-corrected chi connectivity index (χ2v) is 6.43. The van der Waals surface area contributed by atoms with Gasteiger partial charge in [0.25, 0.3) is 0 Å². The zero-order valence-electron chi connectivity index (χ0n) is 13.6. The molecule has 1 aliphatic rings. The first kappa shape index (κ1) is 16.7. The van der Waals surface area contributed by atoms with Gasteiger partial charge < -0.3 is 10.2 Å².